The van der Waals surface area contributed by atoms with Gasteiger partial charge in [0.25, 0.3) is 0 Å². The largest absolute Gasteiger partial charge is 0.0795 e. The van der Waals surface area contributed by atoms with Gasteiger partial charge in [-0.1, -0.05) is 108 Å². The molecule has 2 saturated carbocycles. The molecule has 0 aliphatic heterocycles. The molecule has 0 spiro atoms. The maximum atomic E-state index is 2.62. The molecule has 0 unspecified atom stereocenters. The predicted molar refractivity (Wildman–Crippen MR) is 148 cm³/mol. The molecule has 3 aliphatic carbocycles. The molecule has 0 nitrogen and oxygen atoms in total. The lowest BCUT2D eigenvalue weighted by molar-refractivity contribution is 0.188. The van der Waals surface area contributed by atoms with E-state index in [9.17, 15) is 0 Å². The minimum absolute atomic E-state index is 0.519. The van der Waals surface area contributed by atoms with Crippen LogP contribution in [0.15, 0.2) is 42.5 Å². The molecule has 0 saturated heterocycles. The molecule has 34 heavy (non-hydrogen) atoms. The molecular formula is C34H46. The number of allylic oxidation sites excluding steroid dienone is 1. The first kappa shape index (κ1) is 23.9. The van der Waals surface area contributed by atoms with Gasteiger partial charge in [0.15, 0.2) is 0 Å². The number of fused-ring (bicyclic) bond motifs is 1. The first-order valence-corrected chi connectivity index (χ1v) is 14.4. The normalized spacial score (nSPS) is 23.3. The zero-order chi connectivity index (χ0) is 23.5. The summed E-state index contributed by atoms with van der Waals surface area (Å²) in [5.41, 5.74) is 9.64. The molecule has 0 radical (unpaired) electrons. The van der Waals surface area contributed by atoms with E-state index in [-0.39, 0.29) is 0 Å². The summed E-state index contributed by atoms with van der Waals surface area (Å²) in [6.45, 7) is 7.29. The number of hydrogen-bond acceptors (Lipinski definition) is 0. The average molecular weight is 455 g/mol. The average Bonchev–Trinajstić information content (AvgIpc) is 3.35. The molecule has 0 heterocycles. The first-order valence-electron chi connectivity index (χ1n) is 14.4. The zero-order valence-corrected chi connectivity index (χ0v) is 22.0. The van der Waals surface area contributed by atoms with Crippen LogP contribution in [-0.4, -0.2) is 0 Å². The molecule has 5 rings (SSSR count). The Balaban J connectivity index is 1.36. The van der Waals surface area contributed by atoms with E-state index in [4.69, 9.17) is 0 Å². The number of hydrogen-bond donors (Lipinski definition) is 0. The number of rotatable bonds is 7. The molecule has 0 aromatic heterocycles. The summed E-state index contributed by atoms with van der Waals surface area (Å²) in [6, 6.07) is 14.7. The van der Waals surface area contributed by atoms with Gasteiger partial charge in [0, 0.05) is 0 Å². The van der Waals surface area contributed by atoms with Crippen molar-refractivity contribution in [2.45, 2.75) is 110 Å². The lowest BCUT2D eigenvalue weighted by Crippen LogP contribution is -2.22. The van der Waals surface area contributed by atoms with Crippen LogP contribution in [0.5, 0.6) is 0 Å². The Morgan fingerprint density at radius 2 is 1.62 bits per heavy atom. The predicted octanol–water partition coefficient (Wildman–Crippen LogP) is 10.1. The molecule has 2 aromatic rings. The summed E-state index contributed by atoms with van der Waals surface area (Å²) in [4.78, 5) is 0. The van der Waals surface area contributed by atoms with Gasteiger partial charge in [-0.05, 0) is 101 Å². The zero-order valence-electron chi connectivity index (χ0n) is 22.0. The van der Waals surface area contributed by atoms with Crippen molar-refractivity contribution in [3.63, 3.8) is 0 Å². The van der Waals surface area contributed by atoms with Crippen molar-refractivity contribution in [1.82, 2.24) is 0 Å². The van der Waals surface area contributed by atoms with Gasteiger partial charge in [-0.25, -0.2) is 0 Å². The van der Waals surface area contributed by atoms with Crippen molar-refractivity contribution >= 4 is 6.08 Å². The van der Waals surface area contributed by atoms with E-state index < -0.39 is 0 Å². The minimum Gasteiger partial charge on any atom is -0.0795 e. The van der Waals surface area contributed by atoms with Crippen LogP contribution in [0.1, 0.15) is 120 Å². The highest BCUT2D eigenvalue weighted by Crippen LogP contribution is 2.41. The van der Waals surface area contributed by atoms with Crippen LogP contribution >= 0.6 is 0 Å². The fraction of sp³-hybridized carbons (Fsp3) is 0.588. The van der Waals surface area contributed by atoms with Crippen molar-refractivity contribution in [3.05, 3.63) is 64.7 Å². The van der Waals surface area contributed by atoms with Gasteiger partial charge < -0.3 is 0 Å². The Morgan fingerprint density at radius 3 is 2.38 bits per heavy atom. The monoisotopic (exact) mass is 454 g/mol. The third-order valence-corrected chi connectivity index (χ3v) is 9.51. The Hall–Kier alpha value is -1.82. The van der Waals surface area contributed by atoms with Crippen molar-refractivity contribution < 1.29 is 0 Å². The summed E-state index contributed by atoms with van der Waals surface area (Å²) >= 11 is 0. The molecule has 0 amide bonds. The summed E-state index contributed by atoms with van der Waals surface area (Å²) in [5.74, 6) is 2.60. The van der Waals surface area contributed by atoms with Crippen molar-refractivity contribution in [3.8, 4) is 11.1 Å². The Bertz CT molecular complexity index is 993. The first-order chi connectivity index (χ1) is 16.5. The Kier molecular flexibility index (Phi) is 7.33. The fourth-order valence-corrected chi connectivity index (χ4v) is 7.11. The van der Waals surface area contributed by atoms with Gasteiger partial charge in [-0.2, -0.15) is 0 Å². The van der Waals surface area contributed by atoms with Gasteiger partial charge in [0.1, 0.15) is 0 Å². The van der Waals surface area contributed by atoms with Crippen LogP contribution in [0, 0.1) is 17.3 Å². The fourth-order valence-electron chi connectivity index (χ4n) is 7.11. The van der Waals surface area contributed by atoms with Gasteiger partial charge in [0.05, 0.1) is 0 Å². The molecule has 2 aromatic carbocycles. The van der Waals surface area contributed by atoms with E-state index in [1.807, 2.05) is 0 Å². The second kappa shape index (κ2) is 10.4. The number of benzene rings is 2. The molecule has 0 atom stereocenters. The molecule has 0 N–H and O–H groups in total. The molecule has 3 aliphatic rings. The van der Waals surface area contributed by atoms with E-state index in [0.29, 0.717) is 5.41 Å². The van der Waals surface area contributed by atoms with Crippen LogP contribution in [-0.2, 0) is 12.8 Å². The summed E-state index contributed by atoms with van der Waals surface area (Å²) in [7, 11) is 0. The summed E-state index contributed by atoms with van der Waals surface area (Å²) in [5, 5.41) is 0. The van der Waals surface area contributed by atoms with E-state index in [2.05, 4.69) is 69.3 Å². The summed E-state index contributed by atoms with van der Waals surface area (Å²) < 4.78 is 0. The maximum Gasteiger partial charge on any atom is -0.00879 e. The van der Waals surface area contributed by atoms with E-state index in [1.165, 1.54) is 99.3 Å². The van der Waals surface area contributed by atoms with Crippen molar-refractivity contribution in [2.75, 3.05) is 0 Å². The second-order valence-corrected chi connectivity index (χ2v) is 12.6. The van der Waals surface area contributed by atoms with Gasteiger partial charge in [-0.3, -0.25) is 0 Å². The lowest BCUT2D eigenvalue weighted by atomic mass is 9.72. The SMILES string of the molecule is CCC(C)(C)CC1CCC(Cc2cc(-c3cccc4c3C=CC4)cc(C3CCCCC3)c2)CC1. The molecule has 0 bridgehead atoms. The lowest BCUT2D eigenvalue weighted by Gasteiger charge is -2.34. The molecule has 0 heteroatoms. The highest BCUT2D eigenvalue weighted by atomic mass is 14.3. The third kappa shape index (κ3) is 5.53. The highest BCUT2D eigenvalue weighted by molar-refractivity contribution is 5.80. The standard InChI is InChI=1S/C34H46/c1-4-34(2,3)24-26-18-16-25(17-19-26)20-27-21-30(28-10-6-5-7-11-28)23-31(22-27)33-15-9-13-29-12-8-14-32(29)33/h8-9,13-15,21-23,25-26,28H,4-7,10-12,16-20,24H2,1-3H3. The maximum absolute atomic E-state index is 2.62. The second-order valence-electron chi connectivity index (χ2n) is 12.6. The van der Waals surface area contributed by atoms with E-state index in [1.54, 1.807) is 11.1 Å². The summed E-state index contributed by atoms with van der Waals surface area (Å²) in [6.07, 6.45) is 22.5. The Labute approximate surface area is 209 Å². The van der Waals surface area contributed by atoms with Crippen LogP contribution < -0.4 is 0 Å². The van der Waals surface area contributed by atoms with Gasteiger partial charge in [0.2, 0.25) is 0 Å². The van der Waals surface area contributed by atoms with Gasteiger partial charge >= 0.3 is 0 Å². The topological polar surface area (TPSA) is 0 Å². The van der Waals surface area contributed by atoms with E-state index >= 15 is 0 Å². The van der Waals surface area contributed by atoms with Crippen LogP contribution in [0.2, 0.25) is 0 Å². The minimum atomic E-state index is 0.519. The Morgan fingerprint density at radius 1 is 0.853 bits per heavy atom. The quantitative estimate of drug-likeness (QED) is 0.390. The highest BCUT2D eigenvalue weighted by Gasteiger charge is 2.27. The molecule has 2 fully saturated rings. The van der Waals surface area contributed by atoms with Crippen LogP contribution in [0.4, 0.5) is 0 Å². The van der Waals surface area contributed by atoms with Gasteiger partial charge in [-0.15, -0.1) is 0 Å². The molecular weight excluding hydrogens is 408 g/mol. The van der Waals surface area contributed by atoms with Crippen molar-refractivity contribution in [1.29, 1.82) is 0 Å². The van der Waals surface area contributed by atoms with E-state index in [0.717, 1.165) is 24.2 Å². The van der Waals surface area contributed by atoms with Crippen molar-refractivity contribution in [2.24, 2.45) is 17.3 Å². The third-order valence-electron chi connectivity index (χ3n) is 9.51. The van der Waals surface area contributed by atoms with Crippen LogP contribution in [0.25, 0.3) is 17.2 Å². The smallest absolute Gasteiger partial charge is 0.00879 e. The molecule has 182 valence electrons. The van der Waals surface area contributed by atoms with Crippen LogP contribution in [0.3, 0.4) is 0 Å².